The van der Waals surface area contributed by atoms with Gasteiger partial charge < -0.3 is 29.0 Å². The summed E-state index contributed by atoms with van der Waals surface area (Å²) in [4.78, 5) is 27.9. The molecule has 8 heteroatoms. The molecule has 35 heavy (non-hydrogen) atoms. The van der Waals surface area contributed by atoms with Crippen LogP contribution < -0.4 is 18.9 Å². The van der Waals surface area contributed by atoms with Crippen LogP contribution in [0.1, 0.15) is 22.7 Å². The number of aliphatic hydroxyl groups excluding tert-OH is 1. The zero-order valence-corrected chi connectivity index (χ0v) is 19.2. The van der Waals surface area contributed by atoms with Gasteiger partial charge in [0.15, 0.2) is 11.5 Å². The van der Waals surface area contributed by atoms with Gasteiger partial charge in [-0.1, -0.05) is 18.2 Å². The molecule has 5 rings (SSSR count). The van der Waals surface area contributed by atoms with Gasteiger partial charge in [-0.3, -0.25) is 9.59 Å². The van der Waals surface area contributed by atoms with E-state index in [1.165, 1.54) is 4.90 Å². The van der Waals surface area contributed by atoms with Crippen LogP contribution in [0.25, 0.3) is 5.76 Å². The minimum Gasteiger partial charge on any atom is -0.507 e. The Morgan fingerprint density at radius 3 is 2.20 bits per heavy atom. The molecule has 0 aromatic heterocycles. The van der Waals surface area contributed by atoms with E-state index in [0.717, 1.165) is 5.56 Å². The molecule has 8 nitrogen and oxygen atoms in total. The summed E-state index contributed by atoms with van der Waals surface area (Å²) in [5.41, 5.74) is 1.86. The first-order valence-electron chi connectivity index (χ1n) is 11.0. The van der Waals surface area contributed by atoms with E-state index in [0.29, 0.717) is 34.1 Å². The van der Waals surface area contributed by atoms with E-state index < -0.39 is 17.7 Å². The molecule has 2 aliphatic heterocycles. The van der Waals surface area contributed by atoms with Crippen LogP contribution in [0.15, 0.2) is 72.3 Å². The van der Waals surface area contributed by atoms with Gasteiger partial charge >= 0.3 is 0 Å². The first-order valence-corrected chi connectivity index (χ1v) is 11.0. The maximum Gasteiger partial charge on any atom is 0.295 e. The molecule has 0 bridgehead atoms. The number of hydrogen-bond acceptors (Lipinski definition) is 7. The molecule has 178 valence electrons. The maximum atomic E-state index is 13.2. The summed E-state index contributed by atoms with van der Waals surface area (Å²) in [7, 11) is 3.10. The van der Waals surface area contributed by atoms with Crippen LogP contribution in [-0.2, 0) is 16.1 Å². The van der Waals surface area contributed by atoms with Crippen molar-refractivity contribution in [3.63, 3.8) is 0 Å². The summed E-state index contributed by atoms with van der Waals surface area (Å²) in [6.45, 7) is 0.272. The lowest BCUT2D eigenvalue weighted by Crippen LogP contribution is -2.29. The second kappa shape index (κ2) is 9.06. The highest BCUT2D eigenvalue weighted by Crippen LogP contribution is 2.41. The van der Waals surface area contributed by atoms with Crippen molar-refractivity contribution in [1.29, 1.82) is 0 Å². The van der Waals surface area contributed by atoms with Crippen molar-refractivity contribution in [2.24, 2.45) is 0 Å². The van der Waals surface area contributed by atoms with E-state index in [-0.39, 0.29) is 24.7 Å². The van der Waals surface area contributed by atoms with Gasteiger partial charge in [-0.15, -0.1) is 0 Å². The Balaban J connectivity index is 1.59. The third-order valence-corrected chi connectivity index (χ3v) is 6.12. The molecule has 0 radical (unpaired) electrons. The number of ketones is 1. The molecule has 3 aromatic rings. The van der Waals surface area contributed by atoms with Crippen LogP contribution in [-0.4, -0.2) is 42.7 Å². The van der Waals surface area contributed by atoms with E-state index in [1.54, 1.807) is 74.9 Å². The predicted octanol–water partition coefficient (Wildman–Crippen LogP) is 4.05. The number of hydrogen-bond donors (Lipinski definition) is 1. The lowest BCUT2D eigenvalue weighted by Gasteiger charge is -2.25. The van der Waals surface area contributed by atoms with Crippen LogP contribution in [0.2, 0.25) is 0 Å². The number of ether oxygens (including phenoxy) is 4. The van der Waals surface area contributed by atoms with Crippen LogP contribution in [0.4, 0.5) is 0 Å². The second-order valence-electron chi connectivity index (χ2n) is 8.12. The maximum absolute atomic E-state index is 13.2. The first kappa shape index (κ1) is 22.3. The molecule has 1 fully saturated rings. The number of benzene rings is 3. The molecule has 0 aliphatic carbocycles. The lowest BCUT2D eigenvalue weighted by atomic mass is 9.95. The number of aliphatic hydroxyl groups is 1. The van der Waals surface area contributed by atoms with Gasteiger partial charge in [0.1, 0.15) is 17.3 Å². The third kappa shape index (κ3) is 4.03. The molecule has 3 aromatic carbocycles. The molecular weight excluding hydrogens is 450 g/mol. The zero-order chi connectivity index (χ0) is 24.5. The number of Topliss-reactive ketones (excluding diaryl/α,β-unsaturated/α-hetero) is 1. The third-order valence-electron chi connectivity index (χ3n) is 6.12. The fraction of sp³-hybridized carbons (Fsp3) is 0.185. The number of methoxy groups -OCH3 is 2. The molecule has 2 heterocycles. The lowest BCUT2D eigenvalue weighted by molar-refractivity contribution is -0.140. The van der Waals surface area contributed by atoms with Gasteiger partial charge in [0, 0.05) is 12.1 Å². The van der Waals surface area contributed by atoms with Gasteiger partial charge in [-0.2, -0.15) is 0 Å². The highest BCUT2D eigenvalue weighted by molar-refractivity contribution is 6.46. The first-order chi connectivity index (χ1) is 17.0. The average molecular weight is 473 g/mol. The fourth-order valence-electron chi connectivity index (χ4n) is 4.32. The number of amides is 1. The van der Waals surface area contributed by atoms with Crippen LogP contribution in [0, 0.1) is 0 Å². The van der Waals surface area contributed by atoms with E-state index in [2.05, 4.69) is 0 Å². The number of carbonyl (C=O) groups excluding carboxylic acids is 2. The van der Waals surface area contributed by atoms with Gasteiger partial charge in [0.2, 0.25) is 6.79 Å². The Bertz CT molecular complexity index is 1310. The smallest absolute Gasteiger partial charge is 0.295 e. The average Bonchev–Trinajstić information content (AvgIpc) is 3.46. The minimum absolute atomic E-state index is 0.0195. The molecule has 1 N–H and O–H groups in total. The number of nitrogens with zero attached hydrogens (tertiary/aromatic N) is 1. The van der Waals surface area contributed by atoms with Crippen molar-refractivity contribution >= 4 is 17.4 Å². The number of carbonyl (C=O) groups is 2. The van der Waals surface area contributed by atoms with E-state index in [9.17, 15) is 14.7 Å². The van der Waals surface area contributed by atoms with Crippen molar-refractivity contribution < 1.29 is 33.6 Å². The zero-order valence-electron chi connectivity index (χ0n) is 19.2. The summed E-state index contributed by atoms with van der Waals surface area (Å²) < 4.78 is 21.3. The van der Waals surface area contributed by atoms with Crippen molar-refractivity contribution in [3.8, 4) is 23.0 Å². The molecule has 0 saturated carbocycles. The number of rotatable bonds is 6. The Morgan fingerprint density at radius 2 is 1.54 bits per heavy atom. The van der Waals surface area contributed by atoms with Crippen molar-refractivity contribution in [2.75, 3.05) is 21.0 Å². The molecule has 0 spiro atoms. The molecular formula is C27H23NO7. The molecule has 1 unspecified atom stereocenters. The highest BCUT2D eigenvalue weighted by Gasteiger charge is 2.46. The topological polar surface area (TPSA) is 94.5 Å². The van der Waals surface area contributed by atoms with Crippen LogP contribution >= 0.6 is 0 Å². The normalized spacial score (nSPS) is 18.1. The van der Waals surface area contributed by atoms with Crippen LogP contribution in [0.5, 0.6) is 23.0 Å². The largest absolute Gasteiger partial charge is 0.507 e. The summed E-state index contributed by atoms with van der Waals surface area (Å²) in [6, 6.07) is 18.3. The van der Waals surface area contributed by atoms with Crippen LogP contribution in [0.3, 0.4) is 0 Å². The van der Waals surface area contributed by atoms with Gasteiger partial charge in [-0.05, 0) is 59.7 Å². The van der Waals surface area contributed by atoms with Gasteiger partial charge in [0.05, 0.1) is 25.8 Å². The Hall–Kier alpha value is -4.46. The molecule has 2 aliphatic rings. The summed E-state index contributed by atoms with van der Waals surface area (Å²) in [5, 5.41) is 11.2. The summed E-state index contributed by atoms with van der Waals surface area (Å²) in [6.07, 6.45) is 0. The monoisotopic (exact) mass is 473 g/mol. The van der Waals surface area contributed by atoms with E-state index in [4.69, 9.17) is 18.9 Å². The summed E-state index contributed by atoms with van der Waals surface area (Å²) >= 11 is 0. The number of fused-ring (bicyclic) bond motifs is 1. The van der Waals surface area contributed by atoms with Crippen molar-refractivity contribution in [1.82, 2.24) is 4.90 Å². The van der Waals surface area contributed by atoms with Crippen molar-refractivity contribution in [2.45, 2.75) is 12.6 Å². The molecule has 1 saturated heterocycles. The molecule has 1 amide bonds. The second-order valence-corrected chi connectivity index (χ2v) is 8.12. The van der Waals surface area contributed by atoms with E-state index >= 15 is 0 Å². The standard InChI is InChI=1S/C27H23NO7/c1-32-19-8-4-17(5-9-19)24-23(25(29)18-6-10-20(33-2)11-7-18)26(30)27(31)28(24)14-16-3-12-21-22(13-16)35-15-34-21/h3-13,24,29H,14-15H2,1-2H3/b25-23+. The quantitative estimate of drug-likeness (QED) is 0.328. The van der Waals surface area contributed by atoms with Crippen molar-refractivity contribution in [3.05, 3.63) is 89.0 Å². The molecule has 1 atom stereocenters. The Labute approximate surface area is 201 Å². The van der Waals surface area contributed by atoms with Gasteiger partial charge in [-0.25, -0.2) is 0 Å². The SMILES string of the molecule is COc1ccc(/C(O)=C2\C(=O)C(=O)N(Cc3ccc4c(c3)OCO4)C2c2ccc(OC)cc2)cc1. The number of likely N-dealkylation sites (tertiary alicyclic amines) is 1. The predicted molar refractivity (Wildman–Crippen MR) is 126 cm³/mol. The van der Waals surface area contributed by atoms with Gasteiger partial charge in [0.25, 0.3) is 11.7 Å². The Morgan fingerprint density at radius 1 is 0.914 bits per heavy atom. The Kier molecular flexibility index (Phi) is 5.78. The fourth-order valence-corrected chi connectivity index (χ4v) is 4.32. The minimum atomic E-state index is -0.798. The van der Waals surface area contributed by atoms with E-state index in [1.807, 2.05) is 6.07 Å². The summed E-state index contributed by atoms with van der Waals surface area (Å²) in [5.74, 6) is 0.756. The highest BCUT2D eigenvalue weighted by atomic mass is 16.7.